The molecule has 2 N–H and O–H groups in total. The van der Waals surface area contributed by atoms with Crippen molar-refractivity contribution in [3.05, 3.63) is 59.2 Å². The predicted octanol–water partition coefficient (Wildman–Crippen LogP) is 2.60. The van der Waals surface area contributed by atoms with Crippen molar-refractivity contribution in [3.63, 3.8) is 0 Å². The van der Waals surface area contributed by atoms with Crippen LogP contribution >= 0.6 is 0 Å². The molecule has 148 valence electrons. The van der Waals surface area contributed by atoms with Crippen molar-refractivity contribution in [2.45, 2.75) is 13.0 Å². The lowest BCUT2D eigenvalue weighted by Gasteiger charge is -2.11. The maximum Gasteiger partial charge on any atom is 0.407 e. The molecular weight excluding hydrogens is 362 g/mol. The van der Waals surface area contributed by atoms with Crippen molar-refractivity contribution < 1.29 is 28.9 Å². The monoisotopic (exact) mass is 385 g/mol. The molecule has 0 saturated heterocycles. The fraction of sp³-hybridized carbons (Fsp3) is 0.333. The molecule has 0 atom stereocenters. The van der Waals surface area contributed by atoms with Gasteiger partial charge in [-0.15, -0.1) is 0 Å². The molecule has 2 aromatic rings. The van der Waals surface area contributed by atoms with Crippen LogP contribution in [-0.2, 0) is 32.0 Å². The Hall–Kier alpha value is -2.90. The van der Waals surface area contributed by atoms with E-state index in [2.05, 4.69) is 23.5 Å². The highest BCUT2D eigenvalue weighted by molar-refractivity contribution is 5.78. The van der Waals surface area contributed by atoms with Gasteiger partial charge in [0.15, 0.2) is 0 Å². The van der Waals surface area contributed by atoms with Gasteiger partial charge in [0.1, 0.15) is 13.2 Å². The third-order valence-electron chi connectivity index (χ3n) is 4.42. The lowest BCUT2D eigenvalue weighted by Crippen LogP contribution is -2.28. The van der Waals surface area contributed by atoms with Gasteiger partial charge >= 0.3 is 12.1 Å². The molecule has 0 aromatic heterocycles. The number of benzene rings is 2. The molecule has 1 aliphatic carbocycles. The predicted molar refractivity (Wildman–Crippen MR) is 102 cm³/mol. The number of ether oxygens (including phenoxy) is 3. The van der Waals surface area contributed by atoms with Crippen molar-refractivity contribution in [2.75, 3.05) is 33.0 Å². The number of carboxylic acid groups (broad SMARTS) is 1. The van der Waals surface area contributed by atoms with Crippen LogP contribution in [0.5, 0.6) is 0 Å². The molecule has 1 aliphatic rings. The smallest absolute Gasteiger partial charge is 0.407 e. The molecule has 0 bridgehead atoms. The first-order valence-corrected chi connectivity index (χ1v) is 9.12. The summed E-state index contributed by atoms with van der Waals surface area (Å²) in [5.41, 5.74) is 5.96. The second-order valence-corrected chi connectivity index (χ2v) is 6.34. The van der Waals surface area contributed by atoms with Crippen molar-refractivity contribution in [1.82, 2.24) is 5.32 Å². The zero-order chi connectivity index (χ0) is 19.8. The minimum absolute atomic E-state index is 0.193. The van der Waals surface area contributed by atoms with E-state index in [1.165, 1.54) is 22.3 Å². The average Bonchev–Trinajstić information content (AvgIpc) is 3.07. The van der Waals surface area contributed by atoms with Gasteiger partial charge in [-0.1, -0.05) is 42.5 Å². The molecule has 2 aromatic carbocycles. The first-order chi connectivity index (χ1) is 13.6. The fourth-order valence-corrected chi connectivity index (χ4v) is 3.16. The Labute approximate surface area is 163 Å². The second kappa shape index (κ2) is 9.87. The van der Waals surface area contributed by atoms with Crippen LogP contribution in [0, 0.1) is 0 Å². The molecular formula is C21H23NO6. The SMILES string of the molecule is O=C(O)COCCOCCNC(=O)OCc1cccc2c1Cc1ccccc1-2. The lowest BCUT2D eigenvalue weighted by molar-refractivity contribution is -0.142. The van der Waals surface area contributed by atoms with Gasteiger partial charge in [0.25, 0.3) is 0 Å². The summed E-state index contributed by atoms with van der Waals surface area (Å²) < 4.78 is 15.4. The number of hydrogen-bond donors (Lipinski definition) is 2. The van der Waals surface area contributed by atoms with E-state index < -0.39 is 12.1 Å². The summed E-state index contributed by atoms with van der Waals surface area (Å²) in [7, 11) is 0. The Balaban J connectivity index is 1.37. The molecule has 0 unspecified atom stereocenters. The molecule has 0 heterocycles. The molecule has 3 rings (SSSR count). The second-order valence-electron chi connectivity index (χ2n) is 6.34. The zero-order valence-electron chi connectivity index (χ0n) is 15.5. The Morgan fingerprint density at radius 1 is 0.964 bits per heavy atom. The summed E-state index contributed by atoms with van der Waals surface area (Å²) in [5, 5.41) is 11.0. The summed E-state index contributed by atoms with van der Waals surface area (Å²) in [6.07, 6.45) is 0.351. The van der Waals surface area contributed by atoms with Gasteiger partial charge in [0.05, 0.1) is 19.8 Å². The van der Waals surface area contributed by atoms with Gasteiger partial charge in [-0.3, -0.25) is 0 Å². The van der Waals surface area contributed by atoms with Crippen molar-refractivity contribution in [3.8, 4) is 11.1 Å². The standard InChI is InChI=1S/C21H23NO6/c23-20(24)14-27-11-10-26-9-8-22-21(25)28-13-16-5-3-7-18-17-6-2-1-4-15(17)12-19(16)18/h1-7H,8-14H2,(H,22,25)(H,23,24). The normalized spacial score (nSPS) is 11.6. The summed E-state index contributed by atoms with van der Waals surface area (Å²) in [4.78, 5) is 22.1. The van der Waals surface area contributed by atoms with Crippen LogP contribution in [0.25, 0.3) is 11.1 Å². The number of carboxylic acids is 1. The van der Waals surface area contributed by atoms with Crippen molar-refractivity contribution >= 4 is 12.1 Å². The van der Waals surface area contributed by atoms with Gasteiger partial charge < -0.3 is 24.6 Å². The van der Waals surface area contributed by atoms with Crippen LogP contribution < -0.4 is 5.32 Å². The number of amides is 1. The van der Waals surface area contributed by atoms with Gasteiger partial charge in [-0.25, -0.2) is 9.59 Å². The average molecular weight is 385 g/mol. The molecule has 0 fully saturated rings. The van der Waals surface area contributed by atoms with Crippen LogP contribution in [0.1, 0.15) is 16.7 Å². The molecule has 0 spiro atoms. The van der Waals surface area contributed by atoms with Crippen LogP contribution in [-0.4, -0.2) is 50.1 Å². The number of carbonyl (C=O) groups is 2. The highest BCUT2D eigenvalue weighted by Gasteiger charge is 2.20. The van der Waals surface area contributed by atoms with Crippen molar-refractivity contribution in [2.24, 2.45) is 0 Å². The maximum absolute atomic E-state index is 11.9. The van der Waals surface area contributed by atoms with Crippen LogP contribution in [0.3, 0.4) is 0 Å². The molecule has 1 amide bonds. The molecule has 7 heteroatoms. The van der Waals surface area contributed by atoms with Gasteiger partial charge in [-0.2, -0.15) is 0 Å². The summed E-state index contributed by atoms with van der Waals surface area (Å²) in [5.74, 6) is -1.02. The lowest BCUT2D eigenvalue weighted by atomic mass is 10.0. The number of alkyl carbamates (subject to hydrolysis) is 1. The topological polar surface area (TPSA) is 94.1 Å². The number of nitrogens with one attached hydrogen (secondary N) is 1. The van der Waals surface area contributed by atoms with Crippen molar-refractivity contribution in [1.29, 1.82) is 0 Å². The zero-order valence-corrected chi connectivity index (χ0v) is 15.5. The first kappa shape index (κ1) is 19.9. The molecule has 0 aliphatic heterocycles. The van der Waals surface area contributed by atoms with E-state index in [1.54, 1.807) is 0 Å². The molecule has 7 nitrogen and oxygen atoms in total. The number of aliphatic carboxylic acids is 1. The van der Waals surface area contributed by atoms with E-state index in [0.29, 0.717) is 13.2 Å². The molecule has 0 radical (unpaired) electrons. The van der Waals surface area contributed by atoms with E-state index in [-0.39, 0.29) is 26.4 Å². The van der Waals surface area contributed by atoms with E-state index in [9.17, 15) is 9.59 Å². The van der Waals surface area contributed by atoms with Gasteiger partial charge in [-0.05, 0) is 34.2 Å². The Morgan fingerprint density at radius 2 is 1.75 bits per heavy atom. The highest BCUT2D eigenvalue weighted by atomic mass is 16.6. The molecule has 0 saturated carbocycles. The minimum atomic E-state index is -1.02. The Bertz CT molecular complexity index is 835. The van der Waals surface area contributed by atoms with Crippen LogP contribution in [0.4, 0.5) is 4.79 Å². The summed E-state index contributed by atoms with van der Waals surface area (Å²) >= 11 is 0. The Morgan fingerprint density at radius 3 is 2.61 bits per heavy atom. The quantitative estimate of drug-likeness (QED) is 0.521. The van der Waals surface area contributed by atoms with Gasteiger partial charge in [0, 0.05) is 6.54 Å². The van der Waals surface area contributed by atoms with E-state index in [4.69, 9.17) is 19.3 Å². The number of fused-ring (bicyclic) bond motifs is 3. The first-order valence-electron chi connectivity index (χ1n) is 9.12. The van der Waals surface area contributed by atoms with E-state index in [0.717, 1.165) is 12.0 Å². The third-order valence-corrected chi connectivity index (χ3v) is 4.42. The highest BCUT2D eigenvalue weighted by Crippen LogP contribution is 2.38. The van der Waals surface area contributed by atoms with E-state index in [1.807, 2.05) is 24.3 Å². The number of hydrogen-bond acceptors (Lipinski definition) is 5. The van der Waals surface area contributed by atoms with Gasteiger partial charge in [0.2, 0.25) is 0 Å². The van der Waals surface area contributed by atoms with Crippen LogP contribution in [0.15, 0.2) is 42.5 Å². The Kier molecular flexibility index (Phi) is 7.00. The summed E-state index contributed by atoms with van der Waals surface area (Å²) in [6.45, 7) is 0.922. The largest absolute Gasteiger partial charge is 0.480 e. The van der Waals surface area contributed by atoms with Crippen LogP contribution in [0.2, 0.25) is 0 Å². The number of rotatable bonds is 10. The minimum Gasteiger partial charge on any atom is -0.480 e. The number of carbonyl (C=O) groups excluding carboxylic acids is 1. The molecule has 28 heavy (non-hydrogen) atoms. The third kappa shape index (κ3) is 5.31. The summed E-state index contributed by atoms with van der Waals surface area (Å²) in [6, 6.07) is 14.4. The maximum atomic E-state index is 11.9. The fourth-order valence-electron chi connectivity index (χ4n) is 3.16. The van der Waals surface area contributed by atoms with E-state index >= 15 is 0 Å².